The molecule has 1 N–H and O–H groups in total. The van der Waals surface area contributed by atoms with Gasteiger partial charge in [-0.25, -0.2) is 14.0 Å². The number of carboxylic acids is 1. The number of likely N-dealkylation sites (N-methyl/N-ethyl adjacent to an activating group) is 1. The molecule has 0 bridgehead atoms. The van der Waals surface area contributed by atoms with E-state index in [2.05, 4.69) is 0 Å². The van der Waals surface area contributed by atoms with E-state index in [-0.39, 0.29) is 12.4 Å². The predicted octanol–water partition coefficient (Wildman–Crippen LogP) is 2.17. The van der Waals surface area contributed by atoms with Gasteiger partial charge in [-0.1, -0.05) is 12.1 Å². The van der Waals surface area contributed by atoms with Gasteiger partial charge < -0.3 is 14.9 Å². The number of carbonyl (C=O) groups is 2. The number of amides is 2. The smallest absolute Gasteiger partial charge is 0.329 e. The lowest BCUT2D eigenvalue weighted by molar-refractivity contribution is -0.147. The zero-order valence-corrected chi connectivity index (χ0v) is 12.1. The standard InChI is InChI=1S/C14H19FN2O3/c1-14(2,12(18)19)17(4)13(20)16(3)9-10-6-5-7-11(15)8-10/h5-8H,9H2,1-4H3,(H,18,19). The van der Waals surface area contributed by atoms with Crippen LogP contribution in [0.25, 0.3) is 0 Å². The zero-order valence-electron chi connectivity index (χ0n) is 12.1. The van der Waals surface area contributed by atoms with E-state index in [4.69, 9.17) is 5.11 Å². The highest BCUT2D eigenvalue weighted by molar-refractivity contribution is 5.85. The van der Waals surface area contributed by atoms with Crippen LogP contribution in [-0.4, -0.2) is 46.5 Å². The summed E-state index contributed by atoms with van der Waals surface area (Å²) in [5.74, 6) is -1.46. The number of hydrogen-bond donors (Lipinski definition) is 1. The van der Waals surface area contributed by atoms with Crippen LogP contribution in [0.3, 0.4) is 0 Å². The maximum atomic E-state index is 13.1. The summed E-state index contributed by atoms with van der Waals surface area (Å²) in [6.45, 7) is 3.10. The third-order valence-electron chi connectivity index (χ3n) is 3.28. The molecule has 110 valence electrons. The predicted molar refractivity (Wildman–Crippen MR) is 72.7 cm³/mol. The Labute approximate surface area is 117 Å². The average Bonchev–Trinajstić information content (AvgIpc) is 2.36. The Morgan fingerprint density at radius 2 is 1.90 bits per heavy atom. The first-order valence-corrected chi connectivity index (χ1v) is 6.13. The zero-order chi connectivity index (χ0) is 15.5. The van der Waals surface area contributed by atoms with Crippen molar-refractivity contribution in [2.45, 2.75) is 25.9 Å². The SMILES string of the molecule is CN(Cc1cccc(F)c1)C(=O)N(C)C(C)(C)C(=O)O. The average molecular weight is 282 g/mol. The molecule has 2 amide bonds. The van der Waals surface area contributed by atoms with Crippen molar-refractivity contribution < 1.29 is 19.1 Å². The first-order chi connectivity index (χ1) is 9.16. The van der Waals surface area contributed by atoms with Crippen molar-refractivity contribution >= 4 is 12.0 Å². The quantitative estimate of drug-likeness (QED) is 0.920. The minimum atomic E-state index is -1.31. The summed E-state index contributed by atoms with van der Waals surface area (Å²) >= 11 is 0. The van der Waals surface area contributed by atoms with Crippen molar-refractivity contribution in [2.24, 2.45) is 0 Å². The Bertz CT molecular complexity index is 517. The molecule has 20 heavy (non-hydrogen) atoms. The molecule has 0 atom stereocenters. The topological polar surface area (TPSA) is 60.9 Å². The molecular weight excluding hydrogens is 263 g/mol. The summed E-state index contributed by atoms with van der Waals surface area (Å²) < 4.78 is 13.1. The fourth-order valence-electron chi connectivity index (χ4n) is 1.62. The highest BCUT2D eigenvalue weighted by Gasteiger charge is 2.36. The Balaban J connectivity index is 2.79. The van der Waals surface area contributed by atoms with Gasteiger partial charge in [0.1, 0.15) is 11.4 Å². The molecule has 1 rings (SSSR count). The van der Waals surface area contributed by atoms with Crippen molar-refractivity contribution in [2.75, 3.05) is 14.1 Å². The third kappa shape index (κ3) is 3.46. The number of rotatable bonds is 4. The number of aliphatic carboxylic acids is 1. The van der Waals surface area contributed by atoms with Crippen molar-refractivity contribution in [1.29, 1.82) is 0 Å². The van der Waals surface area contributed by atoms with Gasteiger partial charge in [0, 0.05) is 20.6 Å². The van der Waals surface area contributed by atoms with Gasteiger partial charge in [0.05, 0.1) is 0 Å². The molecular formula is C14H19FN2O3. The largest absolute Gasteiger partial charge is 0.480 e. The lowest BCUT2D eigenvalue weighted by atomic mass is 10.0. The maximum absolute atomic E-state index is 13.1. The number of carbonyl (C=O) groups excluding carboxylic acids is 1. The molecule has 1 aromatic rings. The molecule has 0 aliphatic rings. The van der Waals surface area contributed by atoms with Gasteiger partial charge in [-0.3, -0.25) is 0 Å². The Kier molecular flexibility index (Phi) is 4.70. The van der Waals surface area contributed by atoms with Crippen LogP contribution in [0.15, 0.2) is 24.3 Å². The van der Waals surface area contributed by atoms with Crippen LogP contribution in [0.2, 0.25) is 0 Å². The summed E-state index contributed by atoms with van der Waals surface area (Å²) in [4.78, 5) is 25.8. The Morgan fingerprint density at radius 1 is 1.30 bits per heavy atom. The Morgan fingerprint density at radius 3 is 2.40 bits per heavy atom. The van der Waals surface area contributed by atoms with Crippen molar-refractivity contribution in [3.63, 3.8) is 0 Å². The van der Waals surface area contributed by atoms with E-state index < -0.39 is 17.5 Å². The molecule has 1 aromatic carbocycles. The monoisotopic (exact) mass is 282 g/mol. The summed E-state index contributed by atoms with van der Waals surface area (Å²) in [7, 11) is 2.97. The number of hydrogen-bond acceptors (Lipinski definition) is 2. The molecule has 0 aliphatic carbocycles. The summed E-state index contributed by atoms with van der Waals surface area (Å²) in [5.41, 5.74) is -0.671. The fraction of sp³-hybridized carbons (Fsp3) is 0.429. The molecule has 0 unspecified atom stereocenters. The summed E-state index contributed by atoms with van der Waals surface area (Å²) in [6.07, 6.45) is 0. The number of halogens is 1. The van der Waals surface area contributed by atoms with Crippen molar-refractivity contribution in [3.8, 4) is 0 Å². The third-order valence-corrected chi connectivity index (χ3v) is 3.28. The van der Waals surface area contributed by atoms with Gasteiger partial charge in [-0.15, -0.1) is 0 Å². The van der Waals surface area contributed by atoms with E-state index in [1.54, 1.807) is 19.2 Å². The molecule has 0 fully saturated rings. The lowest BCUT2D eigenvalue weighted by Crippen LogP contribution is -2.54. The van der Waals surface area contributed by atoms with Crippen LogP contribution in [0, 0.1) is 5.82 Å². The number of benzene rings is 1. The van der Waals surface area contributed by atoms with Gasteiger partial charge in [0.25, 0.3) is 0 Å². The van der Waals surface area contributed by atoms with Gasteiger partial charge >= 0.3 is 12.0 Å². The summed E-state index contributed by atoms with van der Waals surface area (Å²) in [6, 6.07) is 5.49. The summed E-state index contributed by atoms with van der Waals surface area (Å²) in [5, 5.41) is 9.11. The molecule has 6 heteroatoms. The molecule has 0 aromatic heterocycles. The van der Waals surface area contributed by atoms with Gasteiger partial charge in [-0.05, 0) is 31.5 Å². The van der Waals surface area contributed by atoms with Crippen LogP contribution in [0.1, 0.15) is 19.4 Å². The number of urea groups is 1. The lowest BCUT2D eigenvalue weighted by Gasteiger charge is -2.34. The second kappa shape index (κ2) is 5.90. The molecule has 0 heterocycles. The van der Waals surface area contributed by atoms with Gasteiger partial charge in [0.2, 0.25) is 0 Å². The fourth-order valence-corrected chi connectivity index (χ4v) is 1.62. The highest BCUT2D eigenvalue weighted by Crippen LogP contribution is 2.15. The minimum Gasteiger partial charge on any atom is -0.480 e. The molecule has 0 saturated heterocycles. The molecule has 0 aliphatic heterocycles. The Hall–Kier alpha value is -2.11. The minimum absolute atomic E-state index is 0.205. The van der Waals surface area contributed by atoms with Gasteiger partial charge in [0.15, 0.2) is 0 Å². The highest BCUT2D eigenvalue weighted by atomic mass is 19.1. The first-order valence-electron chi connectivity index (χ1n) is 6.13. The van der Waals surface area contributed by atoms with E-state index in [1.807, 2.05) is 0 Å². The second-order valence-electron chi connectivity index (χ2n) is 5.19. The molecule has 0 saturated carbocycles. The van der Waals surface area contributed by atoms with E-state index >= 15 is 0 Å². The van der Waals surface area contributed by atoms with Gasteiger partial charge in [-0.2, -0.15) is 0 Å². The van der Waals surface area contributed by atoms with E-state index in [0.717, 1.165) is 4.90 Å². The number of carboxylic acid groups (broad SMARTS) is 1. The maximum Gasteiger partial charge on any atom is 0.329 e. The van der Waals surface area contributed by atoms with Crippen LogP contribution in [0.4, 0.5) is 9.18 Å². The molecule has 0 spiro atoms. The van der Waals surface area contributed by atoms with Crippen LogP contribution in [0.5, 0.6) is 0 Å². The van der Waals surface area contributed by atoms with Crippen LogP contribution in [-0.2, 0) is 11.3 Å². The molecule has 5 nitrogen and oxygen atoms in total. The van der Waals surface area contributed by atoms with Crippen molar-refractivity contribution in [3.05, 3.63) is 35.6 Å². The second-order valence-corrected chi connectivity index (χ2v) is 5.19. The van der Waals surface area contributed by atoms with Crippen LogP contribution >= 0.6 is 0 Å². The normalized spacial score (nSPS) is 11.1. The van der Waals surface area contributed by atoms with Crippen molar-refractivity contribution in [1.82, 2.24) is 9.80 Å². The first kappa shape index (κ1) is 15.9. The van der Waals surface area contributed by atoms with E-state index in [9.17, 15) is 14.0 Å². The van der Waals surface area contributed by atoms with Crippen LogP contribution < -0.4 is 0 Å². The molecule has 0 radical (unpaired) electrons. The number of nitrogens with zero attached hydrogens (tertiary/aromatic N) is 2. The van der Waals surface area contributed by atoms with E-state index in [0.29, 0.717) is 5.56 Å². The van der Waals surface area contributed by atoms with E-state index in [1.165, 1.54) is 37.9 Å².